The molecule has 0 aromatic heterocycles. The summed E-state index contributed by atoms with van der Waals surface area (Å²) in [6, 6.07) is 0.0713. The van der Waals surface area contributed by atoms with E-state index in [1.165, 1.54) is 0 Å². The Hall–Kier alpha value is -0.820. The summed E-state index contributed by atoms with van der Waals surface area (Å²) in [5.41, 5.74) is 0. The highest BCUT2D eigenvalue weighted by Crippen LogP contribution is 2.18. The summed E-state index contributed by atoms with van der Waals surface area (Å²) in [6.45, 7) is -0.617. The molecule has 0 aromatic carbocycles. The van der Waals surface area contributed by atoms with Crippen LogP contribution >= 0.6 is 0 Å². The van der Waals surface area contributed by atoms with Gasteiger partial charge in [-0.3, -0.25) is 4.79 Å². The Morgan fingerprint density at radius 2 is 2.24 bits per heavy atom. The van der Waals surface area contributed by atoms with Crippen LogP contribution in [-0.2, 0) is 9.53 Å². The number of alkyl halides is 3. The Balaban J connectivity index is 2.31. The van der Waals surface area contributed by atoms with Crippen LogP contribution in [0.15, 0.2) is 0 Å². The molecule has 7 heteroatoms. The number of hydrogen-bond donors (Lipinski definition) is 1. The van der Waals surface area contributed by atoms with Crippen molar-refractivity contribution in [1.82, 2.24) is 10.2 Å². The molecule has 0 spiro atoms. The van der Waals surface area contributed by atoms with E-state index < -0.39 is 19.4 Å². The maximum absolute atomic E-state index is 11.8. The van der Waals surface area contributed by atoms with Gasteiger partial charge in [0.2, 0.25) is 5.91 Å². The van der Waals surface area contributed by atoms with Crippen LogP contribution < -0.4 is 5.32 Å². The molecule has 0 radical (unpaired) electrons. The molecular formula is C10H17F3N2O2. The van der Waals surface area contributed by atoms with Crippen molar-refractivity contribution in [2.24, 2.45) is 0 Å². The second-order valence-electron chi connectivity index (χ2n) is 4.05. The monoisotopic (exact) mass is 254 g/mol. The zero-order valence-corrected chi connectivity index (χ0v) is 9.72. The first-order chi connectivity index (χ1) is 7.94. The molecule has 100 valence electrons. The zero-order valence-electron chi connectivity index (χ0n) is 9.72. The van der Waals surface area contributed by atoms with Gasteiger partial charge >= 0.3 is 6.18 Å². The molecule has 0 saturated carbocycles. The van der Waals surface area contributed by atoms with Crippen LogP contribution in [0.3, 0.4) is 0 Å². The van der Waals surface area contributed by atoms with E-state index in [0.29, 0.717) is 13.1 Å². The van der Waals surface area contributed by atoms with Gasteiger partial charge in [-0.25, -0.2) is 0 Å². The van der Waals surface area contributed by atoms with Crippen LogP contribution in [0.5, 0.6) is 0 Å². The van der Waals surface area contributed by atoms with Crippen LogP contribution in [0.25, 0.3) is 0 Å². The summed E-state index contributed by atoms with van der Waals surface area (Å²) in [4.78, 5) is 13.2. The lowest BCUT2D eigenvalue weighted by atomic mass is 10.2. The lowest BCUT2D eigenvalue weighted by Crippen LogP contribution is -2.42. The van der Waals surface area contributed by atoms with Gasteiger partial charge in [0.05, 0.1) is 0 Å². The minimum atomic E-state index is -4.38. The Morgan fingerprint density at radius 3 is 2.82 bits per heavy atom. The van der Waals surface area contributed by atoms with Crippen LogP contribution in [0, 0.1) is 0 Å². The number of likely N-dealkylation sites (tertiary alicyclic amines) is 1. The van der Waals surface area contributed by atoms with Crippen molar-refractivity contribution in [1.29, 1.82) is 0 Å². The van der Waals surface area contributed by atoms with E-state index in [1.807, 2.05) is 0 Å². The molecule has 1 rings (SSSR count). The molecule has 0 bridgehead atoms. The van der Waals surface area contributed by atoms with E-state index in [-0.39, 0.29) is 11.9 Å². The van der Waals surface area contributed by atoms with Crippen molar-refractivity contribution in [3.05, 3.63) is 0 Å². The fraction of sp³-hybridized carbons (Fsp3) is 0.900. The molecule has 1 saturated heterocycles. The first-order valence-corrected chi connectivity index (χ1v) is 5.52. The molecule has 1 fully saturated rings. The van der Waals surface area contributed by atoms with Crippen molar-refractivity contribution in [3.8, 4) is 0 Å². The van der Waals surface area contributed by atoms with Gasteiger partial charge in [0, 0.05) is 19.1 Å². The normalized spacial score (nSPS) is 20.9. The van der Waals surface area contributed by atoms with Gasteiger partial charge in [-0.1, -0.05) is 0 Å². The molecule has 1 amide bonds. The highest BCUT2D eigenvalue weighted by Gasteiger charge is 2.30. The van der Waals surface area contributed by atoms with Crippen molar-refractivity contribution in [2.75, 3.05) is 33.4 Å². The number of nitrogens with zero attached hydrogens (tertiary/aromatic N) is 1. The number of carbonyl (C=O) groups is 1. The average Bonchev–Trinajstić information content (AvgIpc) is 2.64. The van der Waals surface area contributed by atoms with Crippen LogP contribution in [-0.4, -0.2) is 56.4 Å². The van der Waals surface area contributed by atoms with Crippen LogP contribution in [0.4, 0.5) is 13.2 Å². The van der Waals surface area contributed by atoms with Gasteiger partial charge in [-0.05, 0) is 19.9 Å². The predicted molar refractivity (Wildman–Crippen MR) is 55.5 cm³/mol. The van der Waals surface area contributed by atoms with Gasteiger partial charge < -0.3 is 15.0 Å². The Bertz CT molecular complexity index is 258. The quantitative estimate of drug-likeness (QED) is 0.788. The smallest absolute Gasteiger partial charge is 0.362 e. The predicted octanol–water partition coefficient (Wildman–Crippen LogP) is 0.776. The summed E-state index contributed by atoms with van der Waals surface area (Å²) in [5, 5.41) is 2.96. The minimum Gasteiger partial charge on any atom is -0.362 e. The topological polar surface area (TPSA) is 41.6 Å². The molecule has 1 aliphatic heterocycles. The third kappa shape index (κ3) is 4.91. The molecule has 1 aliphatic rings. The van der Waals surface area contributed by atoms with Gasteiger partial charge in [0.1, 0.15) is 13.2 Å². The maximum atomic E-state index is 11.8. The fourth-order valence-electron chi connectivity index (χ4n) is 1.95. The molecule has 1 atom stereocenters. The second kappa shape index (κ2) is 6.20. The lowest BCUT2D eigenvalue weighted by molar-refractivity contribution is -0.178. The van der Waals surface area contributed by atoms with Gasteiger partial charge in [-0.2, -0.15) is 13.2 Å². The van der Waals surface area contributed by atoms with E-state index in [0.717, 1.165) is 12.8 Å². The van der Waals surface area contributed by atoms with Crippen molar-refractivity contribution < 1.29 is 22.7 Å². The lowest BCUT2D eigenvalue weighted by Gasteiger charge is -2.24. The van der Waals surface area contributed by atoms with Gasteiger partial charge in [-0.15, -0.1) is 0 Å². The number of ether oxygens (including phenoxy) is 1. The minimum absolute atomic E-state index is 0.0713. The number of likely N-dealkylation sites (N-methyl/N-ethyl adjacent to an activating group) is 1. The Labute approximate surface area is 98.1 Å². The first-order valence-electron chi connectivity index (χ1n) is 5.52. The molecule has 17 heavy (non-hydrogen) atoms. The van der Waals surface area contributed by atoms with Gasteiger partial charge in [0.25, 0.3) is 0 Å². The number of amides is 1. The third-order valence-corrected chi connectivity index (χ3v) is 2.63. The van der Waals surface area contributed by atoms with Crippen molar-refractivity contribution >= 4 is 5.91 Å². The Morgan fingerprint density at radius 1 is 1.53 bits per heavy atom. The third-order valence-electron chi connectivity index (χ3n) is 2.63. The molecule has 1 heterocycles. The largest absolute Gasteiger partial charge is 0.411 e. The molecule has 0 aliphatic carbocycles. The molecule has 4 nitrogen and oxygen atoms in total. The van der Waals surface area contributed by atoms with E-state index >= 15 is 0 Å². The van der Waals surface area contributed by atoms with E-state index in [9.17, 15) is 18.0 Å². The first kappa shape index (κ1) is 14.2. The van der Waals surface area contributed by atoms with Crippen molar-refractivity contribution in [2.45, 2.75) is 25.1 Å². The number of nitrogens with one attached hydrogen (secondary N) is 1. The fourth-order valence-corrected chi connectivity index (χ4v) is 1.95. The van der Waals surface area contributed by atoms with E-state index in [4.69, 9.17) is 0 Å². The number of carbonyl (C=O) groups excluding carboxylic acids is 1. The number of halogens is 3. The Kier molecular flexibility index (Phi) is 5.20. The summed E-state index contributed by atoms with van der Waals surface area (Å²) >= 11 is 0. The number of hydrogen-bond acceptors (Lipinski definition) is 3. The number of rotatable bonds is 5. The van der Waals surface area contributed by atoms with Gasteiger partial charge in [0.15, 0.2) is 0 Å². The summed E-state index contributed by atoms with van der Waals surface area (Å²) < 4.78 is 39.8. The van der Waals surface area contributed by atoms with Crippen molar-refractivity contribution in [3.63, 3.8) is 0 Å². The zero-order chi connectivity index (χ0) is 12.9. The van der Waals surface area contributed by atoms with E-state index in [1.54, 1.807) is 11.9 Å². The molecule has 1 unspecified atom stereocenters. The highest BCUT2D eigenvalue weighted by atomic mass is 19.4. The van der Waals surface area contributed by atoms with Crippen LogP contribution in [0.2, 0.25) is 0 Å². The average molecular weight is 254 g/mol. The maximum Gasteiger partial charge on any atom is 0.411 e. The standard InChI is InChI=1S/C10H17F3N2O2/c1-14-5-8-3-2-4-15(8)9(16)6-17-7-10(11,12)13/h8,14H,2-7H2,1H3. The summed E-state index contributed by atoms with van der Waals surface area (Å²) in [5.74, 6) is -0.369. The summed E-state index contributed by atoms with van der Waals surface area (Å²) in [7, 11) is 1.78. The van der Waals surface area contributed by atoms with Crippen LogP contribution in [0.1, 0.15) is 12.8 Å². The second-order valence-corrected chi connectivity index (χ2v) is 4.05. The summed E-state index contributed by atoms with van der Waals surface area (Å²) in [6.07, 6.45) is -2.61. The SMILES string of the molecule is CNCC1CCCN1C(=O)COCC(F)(F)F. The van der Waals surface area contributed by atoms with E-state index in [2.05, 4.69) is 10.1 Å². The molecule has 0 aromatic rings. The molecular weight excluding hydrogens is 237 g/mol. The highest BCUT2D eigenvalue weighted by molar-refractivity contribution is 5.78. The molecule has 1 N–H and O–H groups in total.